The smallest absolute Gasteiger partial charge is 0.183 e. The molecule has 0 N–H and O–H groups in total. The van der Waals surface area contributed by atoms with Crippen molar-refractivity contribution in [2.75, 3.05) is 52.9 Å². The van der Waals surface area contributed by atoms with Crippen LogP contribution in [0.2, 0.25) is 19.6 Å². The normalized spacial score (nSPS) is 11.8. The summed E-state index contributed by atoms with van der Waals surface area (Å²) in [4.78, 5) is 0. The number of hydrogen-bond donors (Lipinski definition) is 0. The first-order valence-electron chi connectivity index (χ1n) is 8.57. The highest BCUT2D eigenvalue weighted by molar-refractivity contribution is 6.69. The monoisotopic (exact) mass is 356 g/mol. The molecule has 0 aliphatic heterocycles. The molecule has 0 bridgehead atoms. The average molecular weight is 357 g/mol. The predicted molar refractivity (Wildman–Crippen MR) is 97.9 cm³/mol. The number of ether oxygens (including phenoxy) is 4. The number of hydrogen-bond acceptors (Lipinski definition) is 5. The van der Waals surface area contributed by atoms with Crippen molar-refractivity contribution in [2.24, 2.45) is 0 Å². The van der Waals surface area contributed by atoms with Crippen LogP contribution in [0.3, 0.4) is 0 Å². The Kier molecular flexibility index (Phi) is 12.0. The van der Waals surface area contributed by atoms with Crippen molar-refractivity contribution in [2.45, 2.75) is 26.2 Å². The molecule has 0 aliphatic rings. The highest BCUT2D eigenvalue weighted by Crippen LogP contribution is 2.01. The molecule has 0 aromatic heterocycles. The molecule has 0 fully saturated rings. The zero-order valence-corrected chi connectivity index (χ0v) is 16.3. The van der Waals surface area contributed by atoms with Crippen LogP contribution in [-0.4, -0.2) is 61.2 Å². The zero-order chi connectivity index (χ0) is 17.5. The summed E-state index contributed by atoms with van der Waals surface area (Å²) in [6.45, 7) is 11.9. The summed E-state index contributed by atoms with van der Waals surface area (Å²) in [6.07, 6.45) is 0. The van der Waals surface area contributed by atoms with Gasteiger partial charge in [0.05, 0.1) is 59.5 Å². The molecule has 0 spiro atoms. The van der Waals surface area contributed by atoms with Crippen LogP contribution in [-0.2, 0) is 30.0 Å². The largest absolute Gasteiger partial charge is 0.415 e. The predicted octanol–water partition coefficient (Wildman–Crippen LogP) is 3.10. The van der Waals surface area contributed by atoms with E-state index in [9.17, 15) is 0 Å². The molecule has 1 aromatic carbocycles. The van der Waals surface area contributed by atoms with E-state index < -0.39 is 8.32 Å². The molecule has 0 atom stereocenters. The Labute approximate surface area is 147 Å². The van der Waals surface area contributed by atoms with Gasteiger partial charge in [-0.2, -0.15) is 0 Å². The molecule has 0 saturated carbocycles. The van der Waals surface area contributed by atoms with Crippen LogP contribution in [0.25, 0.3) is 0 Å². The summed E-state index contributed by atoms with van der Waals surface area (Å²) < 4.78 is 27.5. The molecule has 0 amide bonds. The van der Waals surface area contributed by atoms with Gasteiger partial charge in [-0.05, 0) is 25.2 Å². The fraction of sp³-hybridized carbons (Fsp3) is 0.667. The first-order chi connectivity index (χ1) is 11.6. The molecular weight excluding hydrogens is 324 g/mol. The van der Waals surface area contributed by atoms with Gasteiger partial charge in [0.15, 0.2) is 8.32 Å². The Bertz CT molecular complexity index is 394. The third kappa shape index (κ3) is 13.7. The van der Waals surface area contributed by atoms with E-state index in [4.69, 9.17) is 23.4 Å². The Morgan fingerprint density at radius 1 is 0.625 bits per heavy atom. The third-order valence-corrected chi connectivity index (χ3v) is 4.06. The van der Waals surface area contributed by atoms with Crippen LogP contribution >= 0.6 is 0 Å². The van der Waals surface area contributed by atoms with Crippen molar-refractivity contribution < 1.29 is 23.4 Å². The maximum atomic E-state index is 5.69. The van der Waals surface area contributed by atoms with Gasteiger partial charge in [-0.25, -0.2) is 0 Å². The van der Waals surface area contributed by atoms with E-state index in [-0.39, 0.29) is 0 Å². The lowest BCUT2D eigenvalue weighted by atomic mass is 10.2. The van der Waals surface area contributed by atoms with E-state index in [1.165, 1.54) is 5.56 Å². The van der Waals surface area contributed by atoms with Crippen LogP contribution in [0.1, 0.15) is 5.56 Å². The fourth-order valence-corrected chi connectivity index (χ4v) is 2.53. The van der Waals surface area contributed by atoms with E-state index in [2.05, 4.69) is 19.6 Å². The topological polar surface area (TPSA) is 46.2 Å². The molecular formula is C18H32O5Si. The quantitative estimate of drug-likeness (QED) is 0.357. The van der Waals surface area contributed by atoms with Gasteiger partial charge in [0.25, 0.3) is 0 Å². The summed E-state index contributed by atoms with van der Waals surface area (Å²) in [5, 5.41) is 0. The van der Waals surface area contributed by atoms with Crippen LogP contribution in [0, 0.1) is 0 Å². The minimum absolute atomic E-state index is 0.577. The van der Waals surface area contributed by atoms with Crippen LogP contribution in [0.5, 0.6) is 0 Å². The highest BCUT2D eigenvalue weighted by Gasteiger charge is 2.12. The number of benzene rings is 1. The van der Waals surface area contributed by atoms with Crippen molar-refractivity contribution in [1.82, 2.24) is 0 Å². The first kappa shape index (κ1) is 21.3. The summed E-state index contributed by atoms with van der Waals surface area (Å²) in [5.74, 6) is 0. The molecule has 1 aromatic rings. The van der Waals surface area contributed by atoms with Crippen molar-refractivity contribution in [3.05, 3.63) is 35.9 Å². The van der Waals surface area contributed by atoms with E-state index in [0.717, 1.165) is 0 Å². The van der Waals surface area contributed by atoms with E-state index in [1.54, 1.807) is 0 Å². The molecule has 6 heteroatoms. The first-order valence-corrected chi connectivity index (χ1v) is 12.0. The minimum Gasteiger partial charge on any atom is -0.415 e. The SMILES string of the molecule is C[Si](C)(C)OCCOCCOCCOCCOCc1ccccc1. The summed E-state index contributed by atoms with van der Waals surface area (Å²) >= 11 is 0. The van der Waals surface area contributed by atoms with E-state index in [0.29, 0.717) is 59.5 Å². The maximum absolute atomic E-state index is 5.69. The summed E-state index contributed by atoms with van der Waals surface area (Å²) in [6, 6.07) is 10.1. The van der Waals surface area contributed by atoms with E-state index in [1.807, 2.05) is 30.3 Å². The second kappa shape index (κ2) is 13.5. The molecule has 0 heterocycles. The minimum atomic E-state index is -1.41. The van der Waals surface area contributed by atoms with Gasteiger partial charge < -0.3 is 23.4 Å². The third-order valence-electron chi connectivity index (χ3n) is 2.99. The van der Waals surface area contributed by atoms with Crippen molar-refractivity contribution in [1.29, 1.82) is 0 Å². The molecule has 24 heavy (non-hydrogen) atoms. The van der Waals surface area contributed by atoms with Crippen molar-refractivity contribution in [3.8, 4) is 0 Å². The molecule has 0 unspecified atom stereocenters. The Morgan fingerprint density at radius 2 is 1.08 bits per heavy atom. The van der Waals surface area contributed by atoms with Gasteiger partial charge in [0, 0.05) is 0 Å². The summed E-state index contributed by atoms with van der Waals surface area (Å²) in [5.41, 5.74) is 1.18. The highest BCUT2D eigenvalue weighted by atomic mass is 28.4. The Balaban J connectivity index is 1.75. The van der Waals surface area contributed by atoms with Gasteiger partial charge in [-0.15, -0.1) is 0 Å². The lowest BCUT2D eigenvalue weighted by Gasteiger charge is -2.16. The second-order valence-electron chi connectivity index (χ2n) is 6.34. The van der Waals surface area contributed by atoms with Gasteiger partial charge in [-0.1, -0.05) is 30.3 Å². The molecule has 0 aliphatic carbocycles. The zero-order valence-electron chi connectivity index (χ0n) is 15.3. The molecule has 1 rings (SSSR count). The van der Waals surface area contributed by atoms with Gasteiger partial charge >= 0.3 is 0 Å². The molecule has 138 valence electrons. The van der Waals surface area contributed by atoms with Gasteiger partial charge in [-0.3, -0.25) is 0 Å². The van der Waals surface area contributed by atoms with E-state index >= 15 is 0 Å². The molecule has 0 saturated heterocycles. The molecule has 0 radical (unpaired) electrons. The van der Waals surface area contributed by atoms with Crippen LogP contribution in [0.15, 0.2) is 30.3 Å². The van der Waals surface area contributed by atoms with Crippen molar-refractivity contribution in [3.63, 3.8) is 0 Å². The maximum Gasteiger partial charge on any atom is 0.183 e. The second-order valence-corrected chi connectivity index (χ2v) is 10.8. The molecule has 5 nitrogen and oxygen atoms in total. The lowest BCUT2D eigenvalue weighted by molar-refractivity contribution is -0.00682. The Morgan fingerprint density at radius 3 is 1.58 bits per heavy atom. The Hall–Kier alpha value is -0.763. The van der Waals surface area contributed by atoms with Gasteiger partial charge in [0.2, 0.25) is 0 Å². The average Bonchev–Trinajstić information content (AvgIpc) is 2.55. The van der Waals surface area contributed by atoms with Crippen LogP contribution < -0.4 is 0 Å². The van der Waals surface area contributed by atoms with Gasteiger partial charge in [0.1, 0.15) is 0 Å². The van der Waals surface area contributed by atoms with Crippen LogP contribution in [0.4, 0.5) is 0 Å². The summed E-state index contributed by atoms with van der Waals surface area (Å²) in [7, 11) is -1.41. The lowest BCUT2D eigenvalue weighted by Crippen LogP contribution is -2.27. The van der Waals surface area contributed by atoms with Crippen molar-refractivity contribution >= 4 is 8.32 Å². The standard InChI is InChI=1S/C18H32O5Si/c1-24(2,3)23-16-15-21-12-11-19-9-10-20-13-14-22-17-18-7-5-4-6-8-18/h4-8H,9-17H2,1-3H3. The fourth-order valence-electron chi connectivity index (χ4n) is 1.83. The number of rotatable bonds is 15.